The van der Waals surface area contributed by atoms with Crippen LogP contribution in [0.3, 0.4) is 0 Å². The molecule has 0 aromatic heterocycles. The summed E-state index contributed by atoms with van der Waals surface area (Å²) in [6.07, 6.45) is -3.49. The normalized spacial score (nSPS) is 17.1. The van der Waals surface area contributed by atoms with E-state index in [2.05, 4.69) is 17.1 Å². The first-order valence-electron chi connectivity index (χ1n) is 6.68. The molecule has 1 aromatic rings. The molecule has 0 heterocycles. The molecule has 0 amide bonds. The first-order valence-corrected chi connectivity index (χ1v) is 6.68. The molecule has 0 fully saturated rings. The minimum absolute atomic E-state index is 0.176. The van der Waals surface area contributed by atoms with Crippen molar-refractivity contribution in [1.82, 2.24) is 10.2 Å². The van der Waals surface area contributed by atoms with Gasteiger partial charge in [-0.1, -0.05) is 19.1 Å². The largest absolute Gasteiger partial charge is 0.416 e. The van der Waals surface area contributed by atoms with E-state index >= 15 is 0 Å². The molecule has 0 radical (unpaired) electrons. The third-order valence-electron chi connectivity index (χ3n) is 4.20. The maximum Gasteiger partial charge on any atom is 0.416 e. The molecule has 0 saturated carbocycles. The number of likely N-dealkylation sites (N-methyl/N-ethyl adjacent to an activating group) is 2. The molecule has 2 unspecified atom stereocenters. The third kappa shape index (κ3) is 3.33. The first-order chi connectivity index (χ1) is 9.16. The fraction of sp³-hybridized carbons (Fsp3) is 0.600. The highest BCUT2D eigenvalue weighted by atomic mass is 19.4. The molecular formula is C15H23F3N2. The van der Waals surface area contributed by atoms with Gasteiger partial charge in [-0.3, -0.25) is 0 Å². The van der Waals surface area contributed by atoms with Crippen LogP contribution in [-0.4, -0.2) is 31.6 Å². The van der Waals surface area contributed by atoms with Gasteiger partial charge in [-0.2, -0.15) is 13.2 Å². The van der Waals surface area contributed by atoms with Gasteiger partial charge in [0, 0.05) is 5.54 Å². The molecule has 20 heavy (non-hydrogen) atoms. The second-order valence-corrected chi connectivity index (χ2v) is 5.45. The molecular weight excluding hydrogens is 265 g/mol. The van der Waals surface area contributed by atoms with Crippen LogP contribution in [0.1, 0.15) is 37.4 Å². The van der Waals surface area contributed by atoms with Crippen molar-refractivity contribution in [3.8, 4) is 0 Å². The van der Waals surface area contributed by atoms with Crippen LogP contribution in [0.4, 0.5) is 13.2 Å². The Morgan fingerprint density at radius 3 is 2.25 bits per heavy atom. The van der Waals surface area contributed by atoms with E-state index in [4.69, 9.17) is 0 Å². The number of hydrogen-bond acceptors (Lipinski definition) is 2. The molecule has 1 rings (SSSR count). The second kappa shape index (κ2) is 6.14. The van der Waals surface area contributed by atoms with Gasteiger partial charge in [0.15, 0.2) is 0 Å². The molecule has 0 bridgehead atoms. The van der Waals surface area contributed by atoms with Crippen molar-refractivity contribution in [2.45, 2.75) is 38.0 Å². The number of nitrogens with zero attached hydrogens (tertiary/aromatic N) is 1. The highest BCUT2D eigenvalue weighted by Gasteiger charge is 2.36. The van der Waals surface area contributed by atoms with Crippen LogP contribution in [0.15, 0.2) is 24.3 Å². The highest BCUT2D eigenvalue weighted by molar-refractivity contribution is 5.30. The van der Waals surface area contributed by atoms with Crippen LogP contribution >= 0.6 is 0 Å². The van der Waals surface area contributed by atoms with Crippen LogP contribution in [0, 0.1) is 0 Å². The lowest BCUT2D eigenvalue weighted by Gasteiger charge is -2.43. The summed E-state index contributed by atoms with van der Waals surface area (Å²) in [5, 5.41) is 3.16. The Balaban J connectivity index is 3.26. The van der Waals surface area contributed by atoms with E-state index in [0.29, 0.717) is 5.56 Å². The van der Waals surface area contributed by atoms with Gasteiger partial charge >= 0.3 is 6.18 Å². The van der Waals surface area contributed by atoms with Crippen molar-refractivity contribution in [2.75, 3.05) is 21.1 Å². The van der Waals surface area contributed by atoms with Crippen LogP contribution in [0.5, 0.6) is 0 Å². The number of nitrogens with one attached hydrogen (secondary N) is 1. The Hall–Kier alpha value is -1.07. The van der Waals surface area contributed by atoms with Crippen molar-refractivity contribution in [2.24, 2.45) is 0 Å². The average Bonchev–Trinajstić information content (AvgIpc) is 2.38. The molecule has 0 aliphatic rings. The lowest BCUT2D eigenvalue weighted by molar-refractivity contribution is -0.137. The fourth-order valence-corrected chi connectivity index (χ4v) is 2.51. The van der Waals surface area contributed by atoms with Gasteiger partial charge in [0.2, 0.25) is 0 Å². The standard InChI is InChI=1S/C15H23F3N2/c1-6-14(2,20(4)5)13(19-3)11-8-7-9-12(10-11)15(16,17)18/h7-10,13,19H,6H2,1-5H3. The minimum atomic E-state index is -4.31. The van der Waals surface area contributed by atoms with E-state index in [9.17, 15) is 13.2 Å². The lowest BCUT2D eigenvalue weighted by Crippen LogP contribution is -2.50. The maximum absolute atomic E-state index is 12.8. The van der Waals surface area contributed by atoms with Crippen LogP contribution in [0.25, 0.3) is 0 Å². The van der Waals surface area contributed by atoms with Crippen LogP contribution in [0.2, 0.25) is 0 Å². The summed E-state index contributed by atoms with van der Waals surface area (Å²) in [5.74, 6) is 0. The Kier molecular flexibility index (Phi) is 5.21. The molecule has 0 saturated heterocycles. The molecule has 1 aromatic carbocycles. The number of alkyl halides is 3. The molecule has 114 valence electrons. The van der Waals surface area contributed by atoms with Crippen molar-refractivity contribution < 1.29 is 13.2 Å². The predicted molar refractivity (Wildman–Crippen MR) is 75.6 cm³/mol. The Bertz CT molecular complexity index is 443. The summed E-state index contributed by atoms with van der Waals surface area (Å²) >= 11 is 0. The third-order valence-corrected chi connectivity index (χ3v) is 4.20. The van der Waals surface area contributed by atoms with Gasteiger partial charge in [0.05, 0.1) is 11.6 Å². The Morgan fingerprint density at radius 1 is 1.25 bits per heavy atom. The maximum atomic E-state index is 12.8. The molecule has 0 aliphatic carbocycles. The number of halogens is 3. The van der Waals surface area contributed by atoms with Gasteiger partial charge in [-0.15, -0.1) is 0 Å². The first kappa shape index (κ1) is 17.0. The van der Waals surface area contributed by atoms with E-state index in [1.54, 1.807) is 13.1 Å². The van der Waals surface area contributed by atoms with Gasteiger partial charge in [0.25, 0.3) is 0 Å². The van der Waals surface area contributed by atoms with E-state index in [-0.39, 0.29) is 11.6 Å². The highest BCUT2D eigenvalue weighted by Crippen LogP contribution is 2.35. The summed E-state index contributed by atoms with van der Waals surface area (Å²) in [6, 6.07) is 5.38. The molecule has 2 nitrogen and oxygen atoms in total. The predicted octanol–water partition coefficient (Wildman–Crippen LogP) is 3.70. The average molecular weight is 288 g/mol. The van der Waals surface area contributed by atoms with Crippen molar-refractivity contribution in [1.29, 1.82) is 0 Å². The minimum Gasteiger partial charge on any atom is -0.311 e. The number of hydrogen-bond donors (Lipinski definition) is 1. The molecule has 1 N–H and O–H groups in total. The van der Waals surface area contributed by atoms with E-state index in [1.807, 2.05) is 21.0 Å². The lowest BCUT2D eigenvalue weighted by atomic mass is 9.83. The molecule has 0 spiro atoms. The van der Waals surface area contributed by atoms with E-state index < -0.39 is 11.7 Å². The summed E-state index contributed by atoms with van der Waals surface area (Å²) in [5.41, 5.74) is -0.216. The number of rotatable bonds is 5. The molecule has 5 heteroatoms. The zero-order valence-corrected chi connectivity index (χ0v) is 12.7. The second-order valence-electron chi connectivity index (χ2n) is 5.45. The summed E-state index contributed by atoms with van der Waals surface area (Å²) in [6.45, 7) is 4.09. The zero-order valence-electron chi connectivity index (χ0n) is 12.7. The van der Waals surface area contributed by atoms with Crippen molar-refractivity contribution in [3.05, 3.63) is 35.4 Å². The Morgan fingerprint density at radius 2 is 1.85 bits per heavy atom. The smallest absolute Gasteiger partial charge is 0.311 e. The van der Waals surface area contributed by atoms with Crippen molar-refractivity contribution in [3.63, 3.8) is 0 Å². The topological polar surface area (TPSA) is 15.3 Å². The van der Waals surface area contributed by atoms with Gasteiger partial charge in [0.1, 0.15) is 0 Å². The molecule has 2 atom stereocenters. The van der Waals surface area contributed by atoms with Gasteiger partial charge < -0.3 is 10.2 Å². The van der Waals surface area contributed by atoms with Gasteiger partial charge in [-0.05, 0) is 52.2 Å². The number of benzene rings is 1. The van der Waals surface area contributed by atoms with Crippen molar-refractivity contribution >= 4 is 0 Å². The summed E-state index contributed by atoms with van der Waals surface area (Å²) in [7, 11) is 5.67. The zero-order chi connectivity index (χ0) is 15.6. The SMILES string of the molecule is CCC(C)(C(NC)c1cccc(C(F)(F)F)c1)N(C)C. The van der Waals surface area contributed by atoms with E-state index in [1.165, 1.54) is 12.1 Å². The van der Waals surface area contributed by atoms with Gasteiger partial charge in [-0.25, -0.2) is 0 Å². The fourth-order valence-electron chi connectivity index (χ4n) is 2.51. The monoisotopic (exact) mass is 288 g/mol. The van der Waals surface area contributed by atoms with Crippen LogP contribution in [-0.2, 0) is 6.18 Å². The summed E-state index contributed by atoms with van der Waals surface area (Å²) < 4.78 is 38.5. The van der Waals surface area contributed by atoms with Crippen LogP contribution < -0.4 is 5.32 Å². The Labute approximate surface area is 119 Å². The van der Waals surface area contributed by atoms with E-state index in [0.717, 1.165) is 12.5 Å². The quantitative estimate of drug-likeness (QED) is 0.889. The molecule has 0 aliphatic heterocycles. The summed E-state index contributed by atoms with van der Waals surface area (Å²) in [4.78, 5) is 2.05.